The van der Waals surface area contributed by atoms with Crippen molar-refractivity contribution in [1.29, 1.82) is 0 Å². The van der Waals surface area contributed by atoms with Crippen LogP contribution in [0.3, 0.4) is 0 Å². The number of carbonyl (C=O) groups excluding carboxylic acids is 1. The molecule has 0 spiro atoms. The Morgan fingerprint density at radius 1 is 1.16 bits per heavy atom. The molecular weight excluding hydrogens is 412 g/mol. The third kappa shape index (κ3) is 4.21. The molecule has 2 aromatic carbocycles. The Hall–Kier alpha value is -2.32. The number of nitrogens with zero attached hydrogens (tertiary/aromatic N) is 1. The number of benzene rings is 2. The van der Waals surface area contributed by atoms with E-state index in [2.05, 4.69) is 31.5 Å². The molecule has 0 atom stereocenters. The smallest absolute Gasteiger partial charge is 0.267 e. The van der Waals surface area contributed by atoms with Crippen molar-refractivity contribution in [3.05, 3.63) is 69.1 Å². The predicted molar refractivity (Wildman–Crippen MR) is 98.6 cm³/mol. The van der Waals surface area contributed by atoms with Crippen LogP contribution in [0, 0.1) is 18.6 Å². The monoisotopic (exact) mass is 423 g/mol. The molecule has 0 bridgehead atoms. The third-order valence-electron chi connectivity index (χ3n) is 3.28. The molecule has 1 amide bonds. The molecule has 2 N–H and O–H groups in total. The van der Waals surface area contributed by atoms with Gasteiger partial charge in [0.2, 0.25) is 0 Å². The fraction of sp³-hybridized carbons (Fsp3) is 0.0588. The number of aromatic nitrogens is 1. The van der Waals surface area contributed by atoms with Crippen LogP contribution in [-0.2, 0) is 0 Å². The van der Waals surface area contributed by atoms with Crippen molar-refractivity contribution < 1.29 is 13.6 Å². The molecular formula is C17H12BrF2N3OS. The van der Waals surface area contributed by atoms with E-state index in [1.807, 2.05) is 0 Å². The zero-order valence-corrected chi connectivity index (χ0v) is 15.3. The maximum atomic E-state index is 13.9. The molecule has 0 radical (unpaired) electrons. The summed E-state index contributed by atoms with van der Waals surface area (Å²) in [4.78, 5) is 17.0. The summed E-state index contributed by atoms with van der Waals surface area (Å²) in [5, 5.41) is 6.04. The van der Waals surface area contributed by atoms with Crippen molar-refractivity contribution in [1.82, 2.24) is 4.98 Å². The largest absolute Gasteiger partial charge is 0.332 e. The lowest BCUT2D eigenvalue weighted by molar-refractivity contribution is 0.102. The van der Waals surface area contributed by atoms with Crippen molar-refractivity contribution in [2.75, 3.05) is 10.6 Å². The first kappa shape index (κ1) is 17.5. The Bertz CT molecular complexity index is 928. The van der Waals surface area contributed by atoms with Gasteiger partial charge in [-0.2, -0.15) is 0 Å². The SMILES string of the molecule is Cc1nc(Nc2ccc(F)cc2)sc1C(=O)Nc1ccc(Br)cc1F. The number of hydrogen-bond donors (Lipinski definition) is 2. The van der Waals surface area contributed by atoms with Crippen LogP contribution in [0.2, 0.25) is 0 Å². The van der Waals surface area contributed by atoms with Crippen LogP contribution in [0.15, 0.2) is 46.9 Å². The van der Waals surface area contributed by atoms with Gasteiger partial charge in [0.25, 0.3) is 5.91 Å². The summed E-state index contributed by atoms with van der Waals surface area (Å²) in [5.41, 5.74) is 1.26. The highest BCUT2D eigenvalue weighted by Crippen LogP contribution is 2.27. The molecule has 0 saturated heterocycles. The lowest BCUT2D eigenvalue weighted by Crippen LogP contribution is -2.12. The highest BCUT2D eigenvalue weighted by Gasteiger charge is 2.17. The van der Waals surface area contributed by atoms with Crippen molar-refractivity contribution in [2.24, 2.45) is 0 Å². The fourth-order valence-corrected chi connectivity index (χ4v) is 3.30. The minimum absolute atomic E-state index is 0.0917. The summed E-state index contributed by atoms with van der Waals surface area (Å²) in [5.74, 6) is -1.31. The van der Waals surface area contributed by atoms with E-state index in [-0.39, 0.29) is 11.5 Å². The molecule has 0 aliphatic rings. The first-order chi connectivity index (χ1) is 11.9. The summed E-state index contributed by atoms with van der Waals surface area (Å²) < 4.78 is 27.4. The van der Waals surface area contributed by atoms with Crippen LogP contribution in [0.1, 0.15) is 15.4 Å². The Balaban J connectivity index is 1.77. The molecule has 0 aliphatic carbocycles. The Morgan fingerprint density at radius 3 is 2.56 bits per heavy atom. The van der Waals surface area contributed by atoms with Gasteiger partial charge in [-0.15, -0.1) is 0 Å². The van der Waals surface area contributed by atoms with Crippen molar-refractivity contribution in [3.8, 4) is 0 Å². The minimum atomic E-state index is -0.533. The molecule has 0 fully saturated rings. The van der Waals surface area contributed by atoms with Gasteiger partial charge in [-0.1, -0.05) is 27.3 Å². The van der Waals surface area contributed by atoms with Crippen LogP contribution in [0.25, 0.3) is 0 Å². The van der Waals surface area contributed by atoms with Gasteiger partial charge < -0.3 is 10.6 Å². The van der Waals surface area contributed by atoms with Crippen LogP contribution >= 0.6 is 27.3 Å². The van der Waals surface area contributed by atoms with Gasteiger partial charge in [-0.3, -0.25) is 4.79 Å². The van der Waals surface area contributed by atoms with E-state index >= 15 is 0 Å². The molecule has 8 heteroatoms. The number of halogens is 3. The quantitative estimate of drug-likeness (QED) is 0.583. The van der Waals surface area contributed by atoms with Gasteiger partial charge in [0.05, 0.1) is 11.4 Å². The number of amides is 1. The molecule has 1 heterocycles. The van der Waals surface area contributed by atoms with Gasteiger partial charge in [-0.25, -0.2) is 13.8 Å². The highest BCUT2D eigenvalue weighted by molar-refractivity contribution is 9.10. The molecule has 4 nitrogen and oxygen atoms in total. The number of nitrogens with one attached hydrogen (secondary N) is 2. The maximum Gasteiger partial charge on any atom is 0.267 e. The van der Waals surface area contributed by atoms with E-state index in [1.165, 1.54) is 24.3 Å². The zero-order chi connectivity index (χ0) is 18.0. The van der Waals surface area contributed by atoms with E-state index in [4.69, 9.17) is 0 Å². The Labute approximate surface area is 155 Å². The second-order valence-electron chi connectivity index (χ2n) is 5.14. The number of anilines is 3. The Morgan fingerprint density at radius 2 is 1.88 bits per heavy atom. The summed E-state index contributed by atoms with van der Waals surface area (Å²) in [6.07, 6.45) is 0. The number of hydrogen-bond acceptors (Lipinski definition) is 4. The second kappa shape index (κ2) is 7.28. The normalized spacial score (nSPS) is 10.6. The van der Waals surface area contributed by atoms with E-state index in [0.29, 0.717) is 25.9 Å². The van der Waals surface area contributed by atoms with Crippen molar-refractivity contribution in [2.45, 2.75) is 6.92 Å². The van der Waals surface area contributed by atoms with Crippen LogP contribution in [-0.4, -0.2) is 10.9 Å². The van der Waals surface area contributed by atoms with Crippen molar-refractivity contribution in [3.63, 3.8) is 0 Å². The maximum absolute atomic E-state index is 13.9. The molecule has 0 saturated carbocycles. The van der Waals surface area contributed by atoms with Crippen molar-refractivity contribution >= 4 is 49.7 Å². The van der Waals surface area contributed by atoms with Gasteiger partial charge in [0.1, 0.15) is 16.5 Å². The molecule has 1 aromatic heterocycles. The van der Waals surface area contributed by atoms with E-state index in [9.17, 15) is 13.6 Å². The second-order valence-corrected chi connectivity index (χ2v) is 7.06. The van der Waals surface area contributed by atoms with Crippen LogP contribution < -0.4 is 10.6 Å². The lowest BCUT2D eigenvalue weighted by atomic mass is 10.3. The van der Waals surface area contributed by atoms with Gasteiger partial charge in [0.15, 0.2) is 5.13 Å². The minimum Gasteiger partial charge on any atom is -0.332 e. The molecule has 3 aromatic rings. The number of thiazole rings is 1. The number of carbonyl (C=O) groups is 1. The highest BCUT2D eigenvalue weighted by atomic mass is 79.9. The Kier molecular flexibility index (Phi) is 5.10. The molecule has 25 heavy (non-hydrogen) atoms. The first-order valence-electron chi connectivity index (χ1n) is 7.19. The molecule has 0 unspecified atom stereocenters. The first-order valence-corrected chi connectivity index (χ1v) is 8.80. The van der Waals surface area contributed by atoms with Crippen LogP contribution in [0.4, 0.5) is 25.3 Å². The van der Waals surface area contributed by atoms with Gasteiger partial charge in [0, 0.05) is 10.2 Å². The topological polar surface area (TPSA) is 54.0 Å². The number of aryl methyl sites for hydroxylation is 1. The van der Waals surface area contributed by atoms with E-state index in [0.717, 1.165) is 11.3 Å². The molecule has 128 valence electrons. The lowest BCUT2D eigenvalue weighted by Gasteiger charge is -2.05. The zero-order valence-electron chi connectivity index (χ0n) is 12.9. The fourth-order valence-electron chi connectivity index (χ4n) is 2.09. The standard InChI is InChI=1S/C17H12BrF2N3OS/c1-9-15(16(24)23-14-7-2-10(18)8-13(14)20)25-17(21-9)22-12-5-3-11(19)4-6-12/h2-8H,1H3,(H,21,22)(H,23,24). The van der Waals surface area contributed by atoms with Gasteiger partial charge >= 0.3 is 0 Å². The summed E-state index contributed by atoms with van der Waals surface area (Å²) >= 11 is 4.30. The van der Waals surface area contributed by atoms with E-state index < -0.39 is 11.7 Å². The third-order valence-corrected chi connectivity index (χ3v) is 4.84. The average molecular weight is 424 g/mol. The van der Waals surface area contributed by atoms with Crippen LogP contribution in [0.5, 0.6) is 0 Å². The van der Waals surface area contributed by atoms with Gasteiger partial charge in [-0.05, 0) is 49.4 Å². The molecule has 3 rings (SSSR count). The van der Waals surface area contributed by atoms with E-state index in [1.54, 1.807) is 25.1 Å². The predicted octanol–water partition coefficient (Wildman–Crippen LogP) is 5.49. The number of rotatable bonds is 4. The summed E-state index contributed by atoms with van der Waals surface area (Å²) in [6.45, 7) is 1.69. The average Bonchev–Trinajstić information content (AvgIpc) is 2.93. The summed E-state index contributed by atoms with van der Waals surface area (Å²) in [6, 6.07) is 10.2. The summed E-state index contributed by atoms with van der Waals surface area (Å²) in [7, 11) is 0. The molecule has 0 aliphatic heterocycles.